The molecular formula is C23H35ClN4O3S. The number of carbonyl (C=O) groups excluding carboxylic acids is 2. The Balaban J connectivity index is 0.00000289. The Labute approximate surface area is 201 Å². The average Bonchev–Trinajstić information content (AvgIpc) is 3.19. The molecule has 1 aliphatic rings. The second kappa shape index (κ2) is 10.5. The fraction of sp³-hybridized carbons (Fsp3) is 0.522. The van der Waals surface area contributed by atoms with E-state index in [1.807, 2.05) is 31.7 Å². The molecule has 1 saturated heterocycles. The molecule has 2 aromatic rings. The van der Waals surface area contributed by atoms with Crippen LogP contribution in [-0.2, 0) is 0 Å². The van der Waals surface area contributed by atoms with E-state index in [1.54, 1.807) is 31.5 Å². The predicted octanol–water partition coefficient (Wildman–Crippen LogP) is 5.38. The van der Waals surface area contributed by atoms with Gasteiger partial charge in [-0.3, -0.25) is 4.79 Å². The number of piperidine rings is 1. The Kier molecular flexibility index (Phi) is 8.00. The molecule has 0 saturated carbocycles. The molecule has 9 heteroatoms. The molecule has 0 radical (unpaired) electrons. The van der Waals surface area contributed by atoms with Crippen LogP contribution in [0.5, 0.6) is 5.88 Å². The number of amides is 3. The molecule has 0 bridgehead atoms. The van der Waals surface area contributed by atoms with Crippen molar-refractivity contribution in [1.29, 1.82) is 0 Å². The Morgan fingerprint density at radius 1 is 1.28 bits per heavy atom. The topological polar surface area (TPSA) is 83.6 Å². The number of rotatable bonds is 6. The van der Waals surface area contributed by atoms with Gasteiger partial charge in [0.2, 0.25) is 5.88 Å². The molecule has 1 aliphatic heterocycles. The van der Waals surface area contributed by atoms with Crippen LogP contribution in [0.25, 0.3) is 0 Å². The molecule has 0 aliphatic carbocycles. The Hall–Kier alpha value is -2.32. The number of carbonyl (C=O) groups is 2. The molecule has 2 aromatic heterocycles. The van der Waals surface area contributed by atoms with Gasteiger partial charge in [0.15, 0.2) is 0 Å². The number of hydrogen-bond acceptors (Lipinski definition) is 5. The van der Waals surface area contributed by atoms with Gasteiger partial charge in [-0.05, 0) is 63.6 Å². The minimum Gasteiger partial charge on any atom is -0.481 e. The molecule has 1 atom stereocenters. The molecule has 1 fully saturated rings. The number of thiophene rings is 1. The fourth-order valence-corrected chi connectivity index (χ4v) is 4.71. The molecule has 2 N–H and O–H groups in total. The van der Waals surface area contributed by atoms with Crippen molar-refractivity contribution in [2.45, 2.75) is 51.6 Å². The lowest BCUT2D eigenvalue weighted by molar-refractivity contribution is 0.0930. The third kappa shape index (κ3) is 6.84. The summed E-state index contributed by atoms with van der Waals surface area (Å²) in [5, 5.41) is 6.18. The van der Waals surface area contributed by atoms with Crippen LogP contribution in [0.15, 0.2) is 30.5 Å². The van der Waals surface area contributed by atoms with Crippen molar-refractivity contribution < 1.29 is 17.2 Å². The highest BCUT2D eigenvalue weighted by molar-refractivity contribution is 7.18. The summed E-state index contributed by atoms with van der Waals surface area (Å²) in [6, 6.07) is 6.98. The lowest BCUT2D eigenvalue weighted by atomic mass is 9.88. The Morgan fingerprint density at radius 3 is 2.53 bits per heavy atom. The van der Waals surface area contributed by atoms with Crippen molar-refractivity contribution in [3.05, 3.63) is 45.2 Å². The first-order chi connectivity index (χ1) is 15.1. The van der Waals surface area contributed by atoms with Gasteiger partial charge in [0.25, 0.3) is 5.91 Å². The normalized spacial score (nSPS) is 15.8. The van der Waals surface area contributed by atoms with Gasteiger partial charge in [-0.1, -0.05) is 17.7 Å². The quantitative estimate of drug-likeness (QED) is 0.579. The summed E-state index contributed by atoms with van der Waals surface area (Å²) < 4.78 is 5.75. The Morgan fingerprint density at radius 2 is 2.00 bits per heavy atom. The first kappa shape index (κ1) is 24.3. The average molecular weight is 483 g/mol. The largest absolute Gasteiger partial charge is 0.481 e. The maximum atomic E-state index is 12.8. The molecule has 178 valence electrons. The zero-order chi connectivity index (χ0) is 23.3. The molecule has 0 unspecified atom stereocenters. The third-order valence-electron chi connectivity index (χ3n) is 5.43. The number of methoxy groups -OCH3 is 1. The second-order valence-electron chi connectivity index (χ2n) is 9.11. The van der Waals surface area contributed by atoms with Crippen LogP contribution in [0.4, 0.5) is 4.79 Å². The van der Waals surface area contributed by atoms with E-state index in [0.29, 0.717) is 34.1 Å². The summed E-state index contributed by atoms with van der Waals surface area (Å²) in [6.45, 7) is 7.35. The van der Waals surface area contributed by atoms with Gasteiger partial charge >= 0.3 is 6.03 Å². The van der Waals surface area contributed by atoms with E-state index >= 15 is 0 Å². The number of urea groups is 1. The molecule has 7 nitrogen and oxygen atoms in total. The minimum absolute atomic E-state index is 0. The van der Waals surface area contributed by atoms with E-state index < -0.39 is 0 Å². The van der Waals surface area contributed by atoms with E-state index in [1.165, 1.54) is 11.3 Å². The van der Waals surface area contributed by atoms with Gasteiger partial charge in [0.05, 0.1) is 22.4 Å². The highest BCUT2D eigenvalue weighted by atomic mass is 35.5. The lowest BCUT2D eigenvalue weighted by Gasteiger charge is -2.35. The van der Waals surface area contributed by atoms with Crippen molar-refractivity contribution >= 4 is 34.9 Å². The number of pyridine rings is 1. The van der Waals surface area contributed by atoms with E-state index in [2.05, 4.69) is 15.6 Å². The number of ether oxygens (including phenoxy) is 1. The number of likely N-dealkylation sites (tertiary alicyclic amines) is 1. The summed E-state index contributed by atoms with van der Waals surface area (Å²) >= 11 is 7.26. The standard InChI is InChI=1S/C23H31ClN4O3S.2H2/c1-23(2,3)27-22(30)28-11-9-15(10-12-28)13-17(16-5-8-20(31-4)25-14-16)26-21(29)18-6-7-19(24)32-18;;/h5-8,14-15,17H,9-13H2,1-4H3,(H,26,29)(H,27,30);2*1H/t17-;;/m0../s1. The maximum Gasteiger partial charge on any atom is 0.317 e. The highest BCUT2D eigenvalue weighted by Crippen LogP contribution is 2.30. The molecule has 32 heavy (non-hydrogen) atoms. The van der Waals surface area contributed by atoms with Gasteiger partial charge in [-0.2, -0.15) is 0 Å². The summed E-state index contributed by atoms with van der Waals surface area (Å²) in [4.78, 5) is 32.0. The maximum absolute atomic E-state index is 12.8. The highest BCUT2D eigenvalue weighted by Gasteiger charge is 2.28. The molecule has 0 spiro atoms. The van der Waals surface area contributed by atoms with Gasteiger partial charge in [0.1, 0.15) is 0 Å². The van der Waals surface area contributed by atoms with Gasteiger partial charge < -0.3 is 20.3 Å². The molecule has 3 rings (SSSR count). The minimum atomic E-state index is -0.255. The first-order valence-corrected chi connectivity index (χ1v) is 12.0. The molecule has 3 amide bonds. The number of halogens is 1. The summed E-state index contributed by atoms with van der Waals surface area (Å²) in [7, 11) is 1.57. The van der Waals surface area contributed by atoms with Crippen molar-refractivity contribution in [2.24, 2.45) is 5.92 Å². The fourth-order valence-electron chi connectivity index (χ4n) is 3.77. The number of nitrogens with zero attached hydrogens (tertiary/aromatic N) is 2. The van der Waals surface area contributed by atoms with Crippen LogP contribution in [0.2, 0.25) is 4.34 Å². The van der Waals surface area contributed by atoms with E-state index in [-0.39, 0.29) is 26.4 Å². The van der Waals surface area contributed by atoms with Crippen LogP contribution in [0.3, 0.4) is 0 Å². The zero-order valence-corrected chi connectivity index (χ0v) is 20.6. The van der Waals surface area contributed by atoms with E-state index in [0.717, 1.165) is 24.8 Å². The van der Waals surface area contributed by atoms with Crippen LogP contribution >= 0.6 is 22.9 Å². The monoisotopic (exact) mass is 482 g/mol. The summed E-state index contributed by atoms with van der Waals surface area (Å²) in [6.07, 6.45) is 4.29. The van der Waals surface area contributed by atoms with E-state index in [4.69, 9.17) is 16.3 Å². The van der Waals surface area contributed by atoms with Crippen LogP contribution in [0.1, 0.15) is 64.2 Å². The van der Waals surface area contributed by atoms with Crippen LogP contribution in [0, 0.1) is 5.92 Å². The molecule has 0 aromatic carbocycles. The van der Waals surface area contributed by atoms with Crippen LogP contribution in [-0.4, -0.2) is 47.6 Å². The van der Waals surface area contributed by atoms with Gasteiger partial charge in [-0.25, -0.2) is 9.78 Å². The third-order valence-corrected chi connectivity index (χ3v) is 6.66. The van der Waals surface area contributed by atoms with Gasteiger partial charge in [0, 0.05) is 33.7 Å². The second-order valence-corrected chi connectivity index (χ2v) is 10.8. The number of hydrogen-bond donors (Lipinski definition) is 2. The predicted molar refractivity (Wildman–Crippen MR) is 132 cm³/mol. The molecule has 3 heterocycles. The van der Waals surface area contributed by atoms with Crippen LogP contribution < -0.4 is 15.4 Å². The van der Waals surface area contributed by atoms with Crippen molar-refractivity contribution in [3.8, 4) is 5.88 Å². The Bertz CT molecular complexity index is 929. The zero-order valence-electron chi connectivity index (χ0n) is 19.0. The summed E-state index contributed by atoms with van der Waals surface area (Å²) in [5.41, 5.74) is 0.671. The SMILES string of the molecule is COc1ccc([C@H](CC2CCN(C(=O)NC(C)(C)C)CC2)NC(=O)c2ccc(Cl)s2)cn1.[HH].[HH]. The van der Waals surface area contributed by atoms with E-state index in [9.17, 15) is 9.59 Å². The van der Waals surface area contributed by atoms with Crippen molar-refractivity contribution in [2.75, 3.05) is 20.2 Å². The lowest BCUT2D eigenvalue weighted by Crippen LogP contribution is -2.50. The number of nitrogens with one attached hydrogen (secondary N) is 2. The summed E-state index contributed by atoms with van der Waals surface area (Å²) in [5.74, 6) is 0.764. The smallest absolute Gasteiger partial charge is 0.317 e. The number of aromatic nitrogens is 1. The van der Waals surface area contributed by atoms with Gasteiger partial charge in [-0.15, -0.1) is 11.3 Å². The van der Waals surface area contributed by atoms with Crippen molar-refractivity contribution in [3.63, 3.8) is 0 Å². The van der Waals surface area contributed by atoms with Crippen molar-refractivity contribution in [1.82, 2.24) is 20.5 Å². The first-order valence-electron chi connectivity index (χ1n) is 10.8. The molecular weight excluding hydrogens is 448 g/mol.